The second-order valence-electron chi connectivity index (χ2n) is 4.63. The number of aliphatic hydroxyl groups is 1. The first kappa shape index (κ1) is 13.5. The first-order valence-corrected chi connectivity index (χ1v) is 5.63. The van der Waals surface area contributed by atoms with Gasteiger partial charge in [-0.1, -0.05) is 23.8 Å². The van der Waals surface area contributed by atoms with E-state index in [0.29, 0.717) is 6.54 Å². The number of β-amino-alcohol motifs (C(OH)–C–C–N with tert-alkyl or cyclic N) is 1. The molecule has 1 aliphatic rings. The van der Waals surface area contributed by atoms with Crippen LogP contribution in [0.15, 0.2) is 18.2 Å². The third kappa shape index (κ3) is 2.57. The summed E-state index contributed by atoms with van der Waals surface area (Å²) >= 11 is 0. The molecule has 1 saturated heterocycles. The van der Waals surface area contributed by atoms with Gasteiger partial charge in [-0.2, -0.15) is 0 Å². The van der Waals surface area contributed by atoms with E-state index in [-0.39, 0.29) is 12.4 Å². The quantitative estimate of drug-likeness (QED) is 0.791. The molecule has 0 amide bonds. The first-order valence-electron chi connectivity index (χ1n) is 5.63. The van der Waals surface area contributed by atoms with Crippen molar-refractivity contribution in [3.8, 4) is 0 Å². The van der Waals surface area contributed by atoms with Gasteiger partial charge in [0.2, 0.25) is 0 Å². The van der Waals surface area contributed by atoms with Crippen LogP contribution in [0.2, 0.25) is 0 Å². The minimum absolute atomic E-state index is 0. The van der Waals surface area contributed by atoms with Gasteiger partial charge in [-0.25, -0.2) is 0 Å². The summed E-state index contributed by atoms with van der Waals surface area (Å²) in [7, 11) is 0. The van der Waals surface area contributed by atoms with Gasteiger partial charge in [0, 0.05) is 6.54 Å². The van der Waals surface area contributed by atoms with E-state index >= 15 is 0 Å². The molecule has 0 aliphatic carbocycles. The highest BCUT2D eigenvalue weighted by Crippen LogP contribution is 2.30. The van der Waals surface area contributed by atoms with Crippen molar-refractivity contribution < 1.29 is 5.11 Å². The second-order valence-corrected chi connectivity index (χ2v) is 4.63. The Kier molecular flexibility index (Phi) is 4.36. The molecule has 0 spiro atoms. The van der Waals surface area contributed by atoms with Gasteiger partial charge in [0.05, 0.1) is 0 Å². The fourth-order valence-corrected chi connectivity index (χ4v) is 2.46. The second kappa shape index (κ2) is 5.17. The van der Waals surface area contributed by atoms with Crippen molar-refractivity contribution in [3.05, 3.63) is 34.9 Å². The van der Waals surface area contributed by atoms with Crippen LogP contribution >= 0.6 is 12.4 Å². The molecule has 0 aromatic heterocycles. The molecular formula is C13H20ClNO. The van der Waals surface area contributed by atoms with Crippen molar-refractivity contribution >= 4 is 12.4 Å². The highest BCUT2D eigenvalue weighted by molar-refractivity contribution is 5.85. The van der Waals surface area contributed by atoms with Crippen LogP contribution in [0.4, 0.5) is 0 Å². The molecule has 0 saturated carbocycles. The van der Waals surface area contributed by atoms with Crippen molar-refractivity contribution in [2.45, 2.75) is 32.3 Å². The molecule has 1 aliphatic heterocycles. The number of hydrogen-bond acceptors (Lipinski definition) is 2. The van der Waals surface area contributed by atoms with Gasteiger partial charge >= 0.3 is 0 Å². The normalized spacial score (nSPS) is 24.9. The minimum atomic E-state index is -0.657. The molecular weight excluding hydrogens is 222 g/mol. The lowest BCUT2D eigenvalue weighted by Crippen LogP contribution is -2.43. The van der Waals surface area contributed by atoms with E-state index in [9.17, 15) is 5.11 Å². The van der Waals surface area contributed by atoms with E-state index < -0.39 is 5.60 Å². The third-order valence-electron chi connectivity index (χ3n) is 3.24. The van der Waals surface area contributed by atoms with E-state index in [4.69, 9.17) is 0 Å². The molecule has 0 bridgehead atoms. The van der Waals surface area contributed by atoms with Gasteiger partial charge in [-0.3, -0.25) is 0 Å². The van der Waals surface area contributed by atoms with E-state index in [1.54, 1.807) is 0 Å². The molecule has 2 nitrogen and oxygen atoms in total. The summed E-state index contributed by atoms with van der Waals surface area (Å²) in [6.07, 6.45) is 1.91. The predicted octanol–water partition coefficient (Wildman–Crippen LogP) is 2.30. The molecule has 1 atom stereocenters. The summed E-state index contributed by atoms with van der Waals surface area (Å²) in [5.74, 6) is 0. The average molecular weight is 242 g/mol. The average Bonchev–Trinajstić information content (AvgIpc) is 2.18. The smallest absolute Gasteiger partial charge is 0.102 e. The van der Waals surface area contributed by atoms with Crippen molar-refractivity contribution in [1.82, 2.24) is 5.32 Å². The number of piperidine rings is 1. The largest absolute Gasteiger partial charge is 0.384 e. The van der Waals surface area contributed by atoms with Crippen molar-refractivity contribution in [2.24, 2.45) is 0 Å². The van der Waals surface area contributed by atoms with Gasteiger partial charge in [0.15, 0.2) is 0 Å². The summed E-state index contributed by atoms with van der Waals surface area (Å²) < 4.78 is 0. The molecule has 1 fully saturated rings. The van der Waals surface area contributed by atoms with Crippen LogP contribution in [0.1, 0.15) is 29.5 Å². The number of benzene rings is 1. The maximum atomic E-state index is 10.6. The monoisotopic (exact) mass is 241 g/mol. The molecule has 1 aromatic carbocycles. The lowest BCUT2D eigenvalue weighted by atomic mass is 9.84. The zero-order chi connectivity index (χ0) is 10.9. The van der Waals surface area contributed by atoms with E-state index in [0.717, 1.165) is 24.9 Å². The maximum absolute atomic E-state index is 10.6. The molecule has 1 heterocycles. The van der Waals surface area contributed by atoms with Crippen LogP contribution in [0.25, 0.3) is 0 Å². The van der Waals surface area contributed by atoms with Gasteiger partial charge in [0.25, 0.3) is 0 Å². The minimum Gasteiger partial charge on any atom is -0.384 e. The van der Waals surface area contributed by atoms with Crippen LogP contribution in [0.5, 0.6) is 0 Å². The van der Waals surface area contributed by atoms with E-state index in [2.05, 4.69) is 37.4 Å². The number of halogens is 1. The number of aryl methyl sites for hydroxylation is 2. The van der Waals surface area contributed by atoms with Crippen LogP contribution in [0, 0.1) is 13.8 Å². The molecule has 0 radical (unpaired) electrons. The lowest BCUT2D eigenvalue weighted by molar-refractivity contribution is 0.0117. The molecule has 2 N–H and O–H groups in total. The van der Waals surface area contributed by atoms with Crippen LogP contribution in [0.3, 0.4) is 0 Å². The third-order valence-corrected chi connectivity index (χ3v) is 3.24. The fourth-order valence-electron chi connectivity index (χ4n) is 2.46. The summed E-state index contributed by atoms with van der Waals surface area (Å²) in [4.78, 5) is 0. The van der Waals surface area contributed by atoms with Crippen LogP contribution in [-0.4, -0.2) is 18.2 Å². The summed E-state index contributed by atoms with van der Waals surface area (Å²) in [6, 6.07) is 6.29. The first-order chi connectivity index (χ1) is 7.12. The predicted molar refractivity (Wildman–Crippen MR) is 69.2 cm³/mol. The number of rotatable bonds is 1. The van der Waals surface area contributed by atoms with Gasteiger partial charge in [-0.15, -0.1) is 12.4 Å². The van der Waals surface area contributed by atoms with Crippen molar-refractivity contribution in [3.63, 3.8) is 0 Å². The topological polar surface area (TPSA) is 32.3 Å². The molecule has 2 rings (SSSR count). The summed E-state index contributed by atoms with van der Waals surface area (Å²) in [5, 5.41) is 13.8. The Balaban J connectivity index is 0.00000128. The molecule has 90 valence electrons. The SMILES string of the molecule is Cc1ccc(C2(O)CCCNC2)c(C)c1.Cl. The van der Waals surface area contributed by atoms with Crippen LogP contribution in [-0.2, 0) is 5.60 Å². The highest BCUT2D eigenvalue weighted by atomic mass is 35.5. The van der Waals surface area contributed by atoms with E-state index in [1.165, 1.54) is 11.1 Å². The Morgan fingerprint density at radius 3 is 2.62 bits per heavy atom. The van der Waals surface area contributed by atoms with Gasteiger partial charge in [-0.05, 0) is 44.4 Å². The maximum Gasteiger partial charge on any atom is 0.102 e. The number of hydrogen-bond donors (Lipinski definition) is 2. The zero-order valence-electron chi connectivity index (χ0n) is 9.92. The van der Waals surface area contributed by atoms with Gasteiger partial charge in [0.1, 0.15) is 5.60 Å². The molecule has 3 heteroatoms. The Morgan fingerprint density at radius 2 is 2.06 bits per heavy atom. The Bertz CT molecular complexity index is 359. The Morgan fingerprint density at radius 1 is 1.31 bits per heavy atom. The van der Waals surface area contributed by atoms with Crippen molar-refractivity contribution in [2.75, 3.05) is 13.1 Å². The Labute approximate surface area is 103 Å². The van der Waals surface area contributed by atoms with Crippen LogP contribution < -0.4 is 5.32 Å². The molecule has 1 aromatic rings. The van der Waals surface area contributed by atoms with Crippen molar-refractivity contribution in [1.29, 1.82) is 0 Å². The standard InChI is InChI=1S/C13H19NO.ClH/c1-10-4-5-12(11(2)8-10)13(15)6-3-7-14-9-13;/h4-5,8,14-15H,3,6-7,9H2,1-2H3;1H. The molecule has 16 heavy (non-hydrogen) atoms. The number of nitrogens with one attached hydrogen (secondary N) is 1. The zero-order valence-corrected chi connectivity index (χ0v) is 10.7. The van der Waals surface area contributed by atoms with Gasteiger partial charge < -0.3 is 10.4 Å². The Hall–Kier alpha value is -0.570. The fraction of sp³-hybridized carbons (Fsp3) is 0.538. The van der Waals surface area contributed by atoms with E-state index in [1.807, 2.05) is 0 Å². The highest BCUT2D eigenvalue weighted by Gasteiger charge is 2.32. The molecule has 1 unspecified atom stereocenters. The lowest BCUT2D eigenvalue weighted by Gasteiger charge is -2.34. The summed E-state index contributed by atoms with van der Waals surface area (Å²) in [5.41, 5.74) is 2.88. The summed E-state index contributed by atoms with van der Waals surface area (Å²) in [6.45, 7) is 5.86.